The van der Waals surface area contributed by atoms with Gasteiger partial charge in [-0.3, -0.25) is 4.57 Å². The molecule has 1 aliphatic rings. The molecule has 2 heterocycles. The second-order valence-corrected chi connectivity index (χ2v) is 5.86. The van der Waals surface area contributed by atoms with Crippen molar-refractivity contribution in [1.29, 1.82) is 0 Å². The lowest BCUT2D eigenvalue weighted by molar-refractivity contribution is 0.679. The molecule has 1 aromatic carbocycles. The predicted molar refractivity (Wildman–Crippen MR) is 89.6 cm³/mol. The Balaban J connectivity index is 1.47. The molecule has 0 fully saturated rings. The summed E-state index contributed by atoms with van der Waals surface area (Å²) in [5.41, 5.74) is 4.41. The van der Waals surface area contributed by atoms with E-state index in [2.05, 4.69) is 38.7 Å². The highest BCUT2D eigenvalue weighted by Gasteiger charge is 2.12. The van der Waals surface area contributed by atoms with Crippen molar-refractivity contribution in [3.63, 3.8) is 0 Å². The Labute approximate surface area is 135 Å². The second kappa shape index (κ2) is 6.20. The first-order valence-corrected chi connectivity index (χ1v) is 8.06. The molecule has 0 spiro atoms. The average molecular weight is 305 g/mol. The molecule has 1 N–H and O–H groups in total. The number of aromatic nitrogens is 4. The molecule has 0 aliphatic heterocycles. The molecule has 2 aromatic heterocycles. The summed E-state index contributed by atoms with van der Waals surface area (Å²) in [6.45, 7) is 0.794. The van der Waals surface area contributed by atoms with E-state index in [0.717, 1.165) is 18.2 Å². The van der Waals surface area contributed by atoms with Gasteiger partial charge in [-0.05, 0) is 54.5 Å². The van der Waals surface area contributed by atoms with Gasteiger partial charge in [-0.25, -0.2) is 4.98 Å². The zero-order chi connectivity index (χ0) is 15.5. The lowest BCUT2D eigenvalue weighted by atomic mass is 9.88. The number of aryl methyl sites for hydroxylation is 1. The minimum absolute atomic E-state index is 0.769. The Bertz CT molecular complexity index is 778. The van der Waals surface area contributed by atoms with Crippen molar-refractivity contribution in [3.05, 3.63) is 65.7 Å². The van der Waals surface area contributed by atoms with Gasteiger partial charge >= 0.3 is 0 Å². The SMILES string of the molecule is c1cc2c(c(CNc3ccc(-n4ccnc4)nn3)c1)CCCC2. The molecule has 5 nitrogen and oxygen atoms in total. The molecular weight excluding hydrogens is 286 g/mol. The maximum atomic E-state index is 4.25. The summed E-state index contributed by atoms with van der Waals surface area (Å²) in [5, 5.41) is 11.9. The number of hydrogen-bond donors (Lipinski definition) is 1. The van der Waals surface area contributed by atoms with Crippen LogP contribution in [0.3, 0.4) is 0 Å². The summed E-state index contributed by atoms with van der Waals surface area (Å²) in [5.74, 6) is 1.56. The molecule has 0 bridgehead atoms. The molecular formula is C18H19N5. The number of fused-ring (bicyclic) bond motifs is 1. The number of imidazole rings is 1. The minimum Gasteiger partial charge on any atom is -0.364 e. The zero-order valence-corrected chi connectivity index (χ0v) is 12.9. The van der Waals surface area contributed by atoms with Gasteiger partial charge in [0.05, 0.1) is 0 Å². The van der Waals surface area contributed by atoms with Crippen molar-refractivity contribution in [2.75, 3.05) is 5.32 Å². The quantitative estimate of drug-likeness (QED) is 0.804. The van der Waals surface area contributed by atoms with Gasteiger partial charge in [0.25, 0.3) is 0 Å². The highest BCUT2D eigenvalue weighted by molar-refractivity contribution is 5.41. The topological polar surface area (TPSA) is 55.6 Å². The molecule has 23 heavy (non-hydrogen) atoms. The molecule has 5 heteroatoms. The first-order valence-electron chi connectivity index (χ1n) is 8.06. The van der Waals surface area contributed by atoms with E-state index in [1.165, 1.54) is 42.4 Å². The maximum absolute atomic E-state index is 4.25. The number of nitrogens with one attached hydrogen (secondary N) is 1. The molecule has 116 valence electrons. The molecule has 3 aromatic rings. The van der Waals surface area contributed by atoms with Crippen molar-refractivity contribution in [1.82, 2.24) is 19.7 Å². The van der Waals surface area contributed by atoms with Gasteiger partial charge in [-0.15, -0.1) is 10.2 Å². The highest BCUT2D eigenvalue weighted by atomic mass is 15.2. The first-order chi connectivity index (χ1) is 11.4. The Kier molecular flexibility index (Phi) is 3.76. The minimum atomic E-state index is 0.769. The van der Waals surface area contributed by atoms with Crippen LogP contribution in [-0.2, 0) is 19.4 Å². The fourth-order valence-electron chi connectivity index (χ4n) is 3.16. The Morgan fingerprint density at radius 3 is 2.83 bits per heavy atom. The summed E-state index contributed by atoms with van der Waals surface area (Å²) >= 11 is 0. The van der Waals surface area contributed by atoms with Gasteiger partial charge in [-0.1, -0.05) is 18.2 Å². The number of benzene rings is 1. The molecule has 0 radical (unpaired) electrons. The molecule has 0 unspecified atom stereocenters. The number of rotatable bonds is 4. The smallest absolute Gasteiger partial charge is 0.160 e. The molecule has 0 saturated carbocycles. The van der Waals surface area contributed by atoms with Crippen molar-refractivity contribution in [3.8, 4) is 5.82 Å². The third-order valence-electron chi connectivity index (χ3n) is 4.37. The van der Waals surface area contributed by atoms with Crippen LogP contribution in [-0.4, -0.2) is 19.7 Å². The summed E-state index contributed by atoms with van der Waals surface area (Å²) in [7, 11) is 0. The van der Waals surface area contributed by atoms with E-state index >= 15 is 0 Å². The monoisotopic (exact) mass is 305 g/mol. The third-order valence-corrected chi connectivity index (χ3v) is 4.37. The van der Waals surface area contributed by atoms with Gasteiger partial charge < -0.3 is 5.32 Å². The molecule has 1 aliphatic carbocycles. The van der Waals surface area contributed by atoms with Crippen LogP contribution in [0.1, 0.15) is 29.5 Å². The van der Waals surface area contributed by atoms with Gasteiger partial charge in [0.1, 0.15) is 12.1 Å². The van der Waals surface area contributed by atoms with Gasteiger partial charge in [0.15, 0.2) is 5.82 Å². The van der Waals surface area contributed by atoms with Crippen LogP contribution < -0.4 is 5.32 Å². The standard InChI is InChI=1S/C18H19N5/c1-2-7-16-14(4-1)5-3-6-15(16)12-20-17-8-9-18(22-21-17)23-11-10-19-13-23/h3,5-6,8-11,13H,1-2,4,7,12H2,(H,20,21). The summed E-state index contributed by atoms with van der Waals surface area (Å²) < 4.78 is 1.84. The Morgan fingerprint density at radius 1 is 1.04 bits per heavy atom. The van der Waals surface area contributed by atoms with Crippen LogP contribution in [0, 0.1) is 0 Å². The average Bonchev–Trinajstić information content (AvgIpc) is 3.15. The fourth-order valence-corrected chi connectivity index (χ4v) is 3.16. The second-order valence-electron chi connectivity index (χ2n) is 5.86. The summed E-state index contributed by atoms with van der Waals surface area (Å²) in [6.07, 6.45) is 10.3. The molecule has 0 atom stereocenters. The molecule has 4 rings (SSSR count). The Morgan fingerprint density at radius 2 is 2.00 bits per heavy atom. The lowest BCUT2D eigenvalue weighted by Crippen LogP contribution is -2.10. The van der Waals surface area contributed by atoms with Crippen LogP contribution in [0.4, 0.5) is 5.82 Å². The number of nitrogens with zero attached hydrogens (tertiary/aromatic N) is 4. The van der Waals surface area contributed by atoms with Crippen LogP contribution >= 0.6 is 0 Å². The summed E-state index contributed by atoms with van der Waals surface area (Å²) in [4.78, 5) is 4.02. The number of hydrogen-bond acceptors (Lipinski definition) is 4. The maximum Gasteiger partial charge on any atom is 0.160 e. The molecule has 0 saturated heterocycles. The van der Waals surface area contributed by atoms with Gasteiger partial charge in [0, 0.05) is 18.9 Å². The normalized spacial score (nSPS) is 13.6. The van der Waals surface area contributed by atoms with E-state index in [0.29, 0.717) is 0 Å². The third kappa shape index (κ3) is 2.95. The Hall–Kier alpha value is -2.69. The van der Waals surface area contributed by atoms with E-state index in [1.54, 1.807) is 12.5 Å². The van der Waals surface area contributed by atoms with Crippen LogP contribution in [0.2, 0.25) is 0 Å². The van der Waals surface area contributed by atoms with E-state index in [4.69, 9.17) is 0 Å². The van der Waals surface area contributed by atoms with E-state index in [1.807, 2.05) is 22.9 Å². The van der Waals surface area contributed by atoms with Crippen molar-refractivity contribution >= 4 is 5.82 Å². The van der Waals surface area contributed by atoms with E-state index in [9.17, 15) is 0 Å². The van der Waals surface area contributed by atoms with Crippen LogP contribution in [0.15, 0.2) is 49.1 Å². The zero-order valence-electron chi connectivity index (χ0n) is 12.9. The predicted octanol–water partition coefficient (Wildman–Crippen LogP) is 3.15. The largest absolute Gasteiger partial charge is 0.364 e. The van der Waals surface area contributed by atoms with E-state index < -0.39 is 0 Å². The van der Waals surface area contributed by atoms with Crippen molar-refractivity contribution < 1.29 is 0 Å². The van der Waals surface area contributed by atoms with Gasteiger partial charge in [-0.2, -0.15) is 0 Å². The van der Waals surface area contributed by atoms with Crippen molar-refractivity contribution in [2.45, 2.75) is 32.2 Å². The lowest BCUT2D eigenvalue weighted by Gasteiger charge is -2.19. The summed E-state index contributed by atoms with van der Waals surface area (Å²) in [6, 6.07) is 10.5. The van der Waals surface area contributed by atoms with Crippen LogP contribution in [0.5, 0.6) is 0 Å². The first kappa shape index (κ1) is 13.9. The fraction of sp³-hybridized carbons (Fsp3) is 0.278. The molecule has 0 amide bonds. The van der Waals surface area contributed by atoms with Crippen molar-refractivity contribution in [2.24, 2.45) is 0 Å². The van der Waals surface area contributed by atoms with Gasteiger partial charge in [0.2, 0.25) is 0 Å². The van der Waals surface area contributed by atoms with E-state index in [-0.39, 0.29) is 0 Å². The van der Waals surface area contributed by atoms with Crippen LogP contribution in [0.25, 0.3) is 5.82 Å². The number of anilines is 1. The highest BCUT2D eigenvalue weighted by Crippen LogP contribution is 2.24.